The second kappa shape index (κ2) is 5.65. The Bertz CT molecular complexity index is 236. The highest BCUT2D eigenvalue weighted by Gasteiger charge is 2.47. The van der Waals surface area contributed by atoms with Crippen LogP contribution in [-0.2, 0) is 9.47 Å². The number of rotatable bonds is 6. The zero-order chi connectivity index (χ0) is 12.3. The first-order valence-corrected chi connectivity index (χ1v) is 6.84. The molecule has 0 aromatic heterocycles. The highest BCUT2D eigenvalue weighted by molar-refractivity contribution is 5.04. The summed E-state index contributed by atoms with van der Waals surface area (Å²) in [6.45, 7) is 5.52. The fraction of sp³-hybridized carbons (Fsp3) is 1.00. The number of ether oxygens (including phenoxy) is 2. The first kappa shape index (κ1) is 13.3. The van der Waals surface area contributed by atoms with E-state index in [9.17, 15) is 0 Å². The molecule has 0 spiro atoms. The van der Waals surface area contributed by atoms with Crippen LogP contribution in [0.25, 0.3) is 0 Å². The van der Waals surface area contributed by atoms with E-state index in [1.54, 1.807) is 0 Å². The molecule has 17 heavy (non-hydrogen) atoms. The van der Waals surface area contributed by atoms with Gasteiger partial charge in [0.15, 0.2) is 0 Å². The van der Waals surface area contributed by atoms with E-state index >= 15 is 0 Å². The van der Waals surface area contributed by atoms with Gasteiger partial charge in [0.1, 0.15) is 0 Å². The van der Waals surface area contributed by atoms with Crippen molar-refractivity contribution in [2.24, 2.45) is 5.73 Å². The molecule has 1 saturated carbocycles. The molecule has 100 valence electrons. The molecule has 1 aliphatic carbocycles. The topological polar surface area (TPSA) is 47.7 Å². The van der Waals surface area contributed by atoms with Crippen molar-refractivity contribution in [1.82, 2.24) is 4.90 Å². The quantitative estimate of drug-likeness (QED) is 0.754. The monoisotopic (exact) mass is 242 g/mol. The van der Waals surface area contributed by atoms with Crippen molar-refractivity contribution in [3.8, 4) is 0 Å². The first-order valence-electron chi connectivity index (χ1n) is 6.84. The molecule has 1 saturated heterocycles. The van der Waals surface area contributed by atoms with Crippen molar-refractivity contribution in [3.63, 3.8) is 0 Å². The van der Waals surface area contributed by atoms with Gasteiger partial charge in [-0.15, -0.1) is 0 Å². The fourth-order valence-electron chi connectivity index (χ4n) is 3.06. The largest absolute Gasteiger partial charge is 0.378 e. The summed E-state index contributed by atoms with van der Waals surface area (Å²) in [5.74, 6) is 0. The van der Waals surface area contributed by atoms with Crippen molar-refractivity contribution in [3.05, 3.63) is 0 Å². The van der Waals surface area contributed by atoms with Crippen molar-refractivity contribution >= 4 is 0 Å². The van der Waals surface area contributed by atoms with Crippen molar-refractivity contribution in [1.29, 1.82) is 0 Å². The molecule has 4 nitrogen and oxygen atoms in total. The molecule has 1 heterocycles. The molecule has 2 rings (SSSR count). The maximum absolute atomic E-state index is 5.96. The van der Waals surface area contributed by atoms with E-state index in [-0.39, 0.29) is 5.54 Å². The van der Waals surface area contributed by atoms with Crippen LogP contribution in [0.4, 0.5) is 0 Å². The zero-order valence-corrected chi connectivity index (χ0v) is 11.2. The molecule has 0 aromatic carbocycles. The third-order valence-electron chi connectivity index (χ3n) is 4.31. The van der Waals surface area contributed by atoms with E-state index in [0.29, 0.717) is 12.2 Å². The third kappa shape index (κ3) is 2.81. The van der Waals surface area contributed by atoms with Crippen molar-refractivity contribution < 1.29 is 9.47 Å². The van der Waals surface area contributed by atoms with Gasteiger partial charge in [-0.05, 0) is 39.7 Å². The minimum Gasteiger partial charge on any atom is -0.378 e. The van der Waals surface area contributed by atoms with Gasteiger partial charge < -0.3 is 15.2 Å². The Kier molecular flexibility index (Phi) is 4.42. The molecule has 2 aliphatic rings. The summed E-state index contributed by atoms with van der Waals surface area (Å²) >= 11 is 0. The summed E-state index contributed by atoms with van der Waals surface area (Å²) in [5, 5.41) is 0. The lowest BCUT2D eigenvalue weighted by molar-refractivity contribution is -0.101. The van der Waals surface area contributed by atoms with Gasteiger partial charge in [0.05, 0.1) is 12.2 Å². The Balaban J connectivity index is 1.81. The Morgan fingerprint density at radius 3 is 2.76 bits per heavy atom. The molecule has 4 heteroatoms. The molecule has 2 N–H and O–H groups in total. The lowest BCUT2D eigenvalue weighted by Gasteiger charge is -2.52. The molecule has 0 radical (unpaired) electrons. The minimum atomic E-state index is 0.159. The molecule has 1 atom stereocenters. The molecule has 0 bridgehead atoms. The number of likely N-dealkylation sites (N-methyl/N-ethyl adjacent to an activating group) is 1. The van der Waals surface area contributed by atoms with Gasteiger partial charge in [0, 0.05) is 31.8 Å². The molecular formula is C13H26N2O2. The normalized spacial score (nSPS) is 37.4. The second-order valence-corrected chi connectivity index (χ2v) is 5.43. The minimum absolute atomic E-state index is 0.159. The molecule has 0 amide bonds. The number of nitrogens with zero attached hydrogens (tertiary/aromatic N) is 1. The third-order valence-corrected chi connectivity index (χ3v) is 4.31. The summed E-state index contributed by atoms with van der Waals surface area (Å²) < 4.78 is 11.3. The Hall–Kier alpha value is -0.160. The summed E-state index contributed by atoms with van der Waals surface area (Å²) in [7, 11) is 2.18. The second-order valence-electron chi connectivity index (χ2n) is 5.43. The summed E-state index contributed by atoms with van der Waals surface area (Å²) in [4.78, 5) is 2.40. The van der Waals surface area contributed by atoms with Crippen molar-refractivity contribution in [2.45, 2.75) is 50.4 Å². The van der Waals surface area contributed by atoms with E-state index in [2.05, 4.69) is 18.9 Å². The molecular weight excluding hydrogens is 216 g/mol. The first-order chi connectivity index (χ1) is 8.20. The van der Waals surface area contributed by atoms with E-state index in [1.165, 1.54) is 12.8 Å². The number of nitrogens with two attached hydrogens (primary N) is 1. The van der Waals surface area contributed by atoms with E-state index in [1.807, 2.05) is 0 Å². The van der Waals surface area contributed by atoms with Crippen LogP contribution in [-0.4, -0.2) is 56.0 Å². The van der Waals surface area contributed by atoms with Crippen LogP contribution in [0.1, 0.15) is 32.6 Å². The maximum Gasteiger partial charge on any atom is 0.0702 e. The summed E-state index contributed by atoms with van der Waals surface area (Å²) in [6.07, 6.45) is 5.36. The van der Waals surface area contributed by atoms with Gasteiger partial charge in [-0.2, -0.15) is 0 Å². The van der Waals surface area contributed by atoms with Crippen LogP contribution >= 0.6 is 0 Å². The van der Waals surface area contributed by atoms with Crippen molar-refractivity contribution in [2.75, 3.05) is 33.4 Å². The van der Waals surface area contributed by atoms with Crippen LogP contribution < -0.4 is 5.73 Å². The van der Waals surface area contributed by atoms with Gasteiger partial charge in [-0.25, -0.2) is 0 Å². The molecule has 1 unspecified atom stereocenters. The van der Waals surface area contributed by atoms with E-state index in [0.717, 1.165) is 39.1 Å². The maximum atomic E-state index is 5.96. The number of hydrogen-bond acceptors (Lipinski definition) is 4. The predicted molar refractivity (Wildman–Crippen MR) is 68.0 cm³/mol. The predicted octanol–water partition coefficient (Wildman–Crippen LogP) is 0.994. The highest BCUT2D eigenvalue weighted by Crippen LogP contribution is 2.38. The van der Waals surface area contributed by atoms with Gasteiger partial charge in [0.25, 0.3) is 0 Å². The SMILES string of the molecule is CCOC1CC(CN)(N(C)CC2CCCO2)C1. The highest BCUT2D eigenvalue weighted by atomic mass is 16.5. The molecule has 2 fully saturated rings. The van der Waals surface area contributed by atoms with E-state index in [4.69, 9.17) is 15.2 Å². The van der Waals surface area contributed by atoms with Gasteiger partial charge in [-0.1, -0.05) is 0 Å². The Morgan fingerprint density at radius 1 is 1.47 bits per heavy atom. The van der Waals surface area contributed by atoms with E-state index < -0.39 is 0 Å². The Labute approximate surface area is 104 Å². The average molecular weight is 242 g/mol. The van der Waals surface area contributed by atoms with Gasteiger partial charge in [-0.3, -0.25) is 4.90 Å². The van der Waals surface area contributed by atoms with Gasteiger partial charge >= 0.3 is 0 Å². The van der Waals surface area contributed by atoms with Crippen LogP contribution in [0.15, 0.2) is 0 Å². The summed E-state index contributed by atoms with van der Waals surface area (Å²) in [5.41, 5.74) is 6.12. The lowest BCUT2D eigenvalue weighted by Crippen LogP contribution is -2.63. The Morgan fingerprint density at radius 2 is 2.24 bits per heavy atom. The van der Waals surface area contributed by atoms with Crippen LogP contribution in [0, 0.1) is 0 Å². The zero-order valence-electron chi connectivity index (χ0n) is 11.2. The van der Waals surface area contributed by atoms with Gasteiger partial charge in [0.2, 0.25) is 0 Å². The molecule has 1 aliphatic heterocycles. The van der Waals surface area contributed by atoms with Crippen LogP contribution in [0.3, 0.4) is 0 Å². The standard InChI is InChI=1S/C13H26N2O2/c1-3-16-12-7-13(8-12,10-14)15(2)9-11-5-4-6-17-11/h11-12H,3-10,14H2,1-2H3. The number of hydrogen-bond donors (Lipinski definition) is 1. The smallest absolute Gasteiger partial charge is 0.0702 e. The average Bonchev–Trinajstić information content (AvgIpc) is 2.75. The molecule has 0 aromatic rings. The summed E-state index contributed by atoms with van der Waals surface area (Å²) in [6, 6.07) is 0. The van der Waals surface area contributed by atoms with Crippen LogP contribution in [0.5, 0.6) is 0 Å². The fourth-order valence-corrected chi connectivity index (χ4v) is 3.06. The van der Waals surface area contributed by atoms with Crippen LogP contribution in [0.2, 0.25) is 0 Å². The lowest BCUT2D eigenvalue weighted by atomic mass is 9.73.